The van der Waals surface area contributed by atoms with Crippen LogP contribution >= 0.6 is 97.6 Å². The molecule has 1 aliphatic heterocycles. The molecule has 0 spiro atoms. The number of imide groups is 1. The number of hydrogen-bond donors (Lipinski definition) is 0. The van der Waals surface area contributed by atoms with Crippen LogP contribution in [0, 0.1) is 3.57 Å². The van der Waals surface area contributed by atoms with Crippen LogP contribution in [0.25, 0.3) is 21.6 Å². The lowest BCUT2D eigenvalue weighted by Crippen LogP contribution is -2.47. The highest BCUT2D eigenvalue weighted by Crippen LogP contribution is 2.45. The third-order valence-corrected chi connectivity index (χ3v) is 11.1. The number of thiophene rings is 1. The van der Waals surface area contributed by atoms with Gasteiger partial charge in [0.2, 0.25) is 0 Å². The summed E-state index contributed by atoms with van der Waals surface area (Å²) in [5.41, 5.74) is 0.295. The lowest BCUT2D eigenvalue weighted by atomic mass is 10.1. The standard InChI is InChI=1S/C20H6Br4IN3O3S/c21-13-11-12(14(22)16(24)15(13)23)20(31)28(19(11)30)27-17(10-2-1-5-32-10)26-9-4-3-7(25)6-8(9)18(27)29/h1-6H. The summed E-state index contributed by atoms with van der Waals surface area (Å²) in [6.07, 6.45) is 0. The second-order valence-corrected chi connectivity index (χ2v) is 12.0. The molecule has 12 heteroatoms. The van der Waals surface area contributed by atoms with Gasteiger partial charge in [-0.3, -0.25) is 14.4 Å². The number of carbonyl (C=O) groups excluding carboxylic acids is 2. The van der Waals surface area contributed by atoms with Crippen LogP contribution in [0.3, 0.4) is 0 Å². The molecule has 5 rings (SSSR count). The van der Waals surface area contributed by atoms with Gasteiger partial charge in [-0.05, 0) is 116 Å². The fourth-order valence-corrected chi connectivity index (χ4v) is 7.07. The first-order valence-electron chi connectivity index (χ1n) is 8.73. The van der Waals surface area contributed by atoms with Crippen LogP contribution in [0.4, 0.5) is 0 Å². The molecule has 0 fully saturated rings. The summed E-state index contributed by atoms with van der Waals surface area (Å²) in [6, 6.07) is 8.90. The predicted molar refractivity (Wildman–Crippen MR) is 146 cm³/mol. The number of carbonyl (C=O) groups is 2. The average molecular weight is 815 g/mol. The van der Waals surface area contributed by atoms with Gasteiger partial charge in [0.05, 0.1) is 26.9 Å². The summed E-state index contributed by atoms with van der Waals surface area (Å²) in [5.74, 6) is -1.03. The first-order chi connectivity index (χ1) is 15.2. The van der Waals surface area contributed by atoms with E-state index >= 15 is 0 Å². The Balaban J connectivity index is 1.87. The highest BCUT2D eigenvalue weighted by molar-refractivity contribution is 14.1. The third-order valence-electron chi connectivity index (χ3n) is 4.83. The van der Waals surface area contributed by atoms with E-state index in [1.54, 1.807) is 18.2 Å². The van der Waals surface area contributed by atoms with E-state index in [2.05, 4.69) is 91.3 Å². The van der Waals surface area contributed by atoms with Crippen LogP contribution < -0.4 is 10.6 Å². The summed E-state index contributed by atoms with van der Waals surface area (Å²) in [4.78, 5) is 46.1. The van der Waals surface area contributed by atoms with Gasteiger partial charge < -0.3 is 0 Å². The van der Waals surface area contributed by atoms with Crippen molar-refractivity contribution in [1.82, 2.24) is 9.66 Å². The summed E-state index contributed by atoms with van der Waals surface area (Å²) in [6.45, 7) is 0. The summed E-state index contributed by atoms with van der Waals surface area (Å²) in [7, 11) is 0. The molecule has 0 aliphatic carbocycles. The Morgan fingerprint density at radius 2 is 1.50 bits per heavy atom. The van der Waals surface area contributed by atoms with E-state index in [-0.39, 0.29) is 17.0 Å². The molecule has 2 aromatic heterocycles. The van der Waals surface area contributed by atoms with Gasteiger partial charge in [0.25, 0.3) is 17.4 Å². The highest BCUT2D eigenvalue weighted by Gasteiger charge is 2.44. The molecule has 160 valence electrons. The maximum Gasteiger partial charge on any atom is 0.282 e. The van der Waals surface area contributed by atoms with E-state index in [9.17, 15) is 14.4 Å². The Bertz CT molecular complexity index is 1510. The minimum Gasteiger partial charge on any atom is -0.267 e. The molecule has 3 heterocycles. The largest absolute Gasteiger partial charge is 0.282 e. The minimum absolute atomic E-state index is 0.156. The second kappa shape index (κ2) is 8.38. The lowest BCUT2D eigenvalue weighted by molar-refractivity contribution is 0.0884. The Kier molecular flexibility index (Phi) is 5.98. The lowest BCUT2D eigenvalue weighted by Gasteiger charge is -2.20. The SMILES string of the molecule is O=C1c2c(Br)c(Br)c(Br)c(Br)c2C(=O)N1n1c(-c2cccs2)nc2ccc(I)cc2c1=O. The molecule has 0 bridgehead atoms. The van der Waals surface area contributed by atoms with Crippen molar-refractivity contribution in [2.45, 2.75) is 0 Å². The molecular weight excluding hydrogens is 809 g/mol. The van der Waals surface area contributed by atoms with Crippen LogP contribution in [0.2, 0.25) is 0 Å². The second-order valence-electron chi connectivity index (χ2n) is 6.62. The van der Waals surface area contributed by atoms with Crippen LogP contribution in [0.15, 0.2) is 58.4 Å². The molecule has 0 unspecified atom stereocenters. The Morgan fingerprint density at radius 1 is 0.875 bits per heavy atom. The summed E-state index contributed by atoms with van der Waals surface area (Å²) < 4.78 is 3.89. The van der Waals surface area contributed by atoms with Gasteiger partial charge in [-0.2, -0.15) is 9.69 Å². The summed E-state index contributed by atoms with van der Waals surface area (Å²) in [5, 5.41) is 3.02. The zero-order valence-corrected chi connectivity index (χ0v) is 24.6. The van der Waals surface area contributed by atoms with Crippen LogP contribution in [-0.2, 0) is 0 Å². The number of halogens is 5. The first kappa shape index (κ1) is 22.8. The molecule has 6 nitrogen and oxygen atoms in total. The smallest absolute Gasteiger partial charge is 0.267 e. The van der Waals surface area contributed by atoms with Crippen LogP contribution in [-0.4, -0.2) is 21.5 Å². The zero-order valence-electron chi connectivity index (χ0n) is 15.3. The van der Waals surface area contributed by atoms with Crippen molar-refractivity contribution in [1.29, 1.82) is 0 Å². The molecule has 0 atom stereocenters. The maximum absolute atomic E-state index is 13.7. The molecule has 0 saturated carbocycles. The predicted octanol–water partition coefficient (Wildman–Crippen LogP) is 6.71. The molecule has 0 saturated heterocycles. The molecule has 2 aromatic carbocycles. The number of aromatic nitrogens is 2. The number of benzene rings is 2. The Morgan fingerprint density at radius 3 is 2.06 bits per heavy atom. The molecule has 1 aliphatic rings. The van der Waals surface area contributed by atoms with Gasteiger partial charge in [-0.25, -0.2) is 4.98 Å². The molecule has 0 N–H and O–H groups in total. The average Bonchev–Trinajstić information content (AvgIpc) is 3.38. The van der Waals surface area contributed by atoms with Crippen molar-refractivity contribution in [3.63, 3.8) is 0 Å². The molecular formula is C20H6Br4IN3O3S. The van der Waals surface area contributed by atoms with Crippen LogP contribution in [0.1, 0.15) is 20.7 Å². The fourth-order valence-electron chi connectivity index (χ4n) is 3.42. The number of rotatable bonds is 2. The third kappa shape index (κ3) is 3.32. The van der Waals surface area contributed by atoms with Crippen molar-refractivity contribution >= 4 is 120 Å². The Hall–Kier alpha value is -0.930. The number of hydrogen-bond acceptors (Lipinski definition) is 5. The van der Waals surface area contributed by atoms with Crippen molar-refractivity contribution < 1.29 is 9.59 Å². The number of amides is 2. The van der Waals surface area contributed by atoms with Gasteiger partial charge in [0, 0.05) is 21.5 Å². The van der Waals surface area contributed by atoms with Crippen LogP contribution in [0.5, 0.6) is 0 Å². The van der Waals surface area contributed by atoms with Crippen molar-refractivity contribution in [3.8, 4) is 10.7 Å². The van der Waals surface area contributed by atoms with E-state index in [0.29, 0.717) is 33.7 Å². The van der Waals surface area contributed by atoms with E-state index in [0.717, 1.165) is 13.3 Å². The van der Waals surface area contributed by atoms with Crippen molar-refractivity contribution in [2.24, 2.45) is 0 Å². The molecule has 4 aromatic rings. The van der Waals surface area contributed by atoms with Gasteiger partial charge >= 0.3 is 0 Å². The van der Waals surface area contributed by atoms with E-state index in [1.165, 1.54) is 11.3 Å². The number of fused-ring (bicyclic) bond motifs is 2. The Labute approximate surface area is 231 Å². The van der Waals surface area contributed by atoms with Gasteiger partial charge in [0.1, 0.15) is 0 Å². The summed E-state index contributed by atoms with van der Waals surface area (Å²) >= 11 is 17.1. The monoisotopic (exact) mass is 811 g/mol. The van der Waals surface area contributed by atoms with Gasteiger partial charge in [-0.1, -0.05) is 6.07 Å². The van der Waals surface area contributed by atoms with Crippen molar-refractivity contribution in [2.75, 3.05) is 5.01 Å². The quantitative estimate of drug-likeness (QED) is 0.0977. The van der Waals surface area contributed by atoms with E-state index < -0.39 is 17.4 Å². The van der Waals surface area contributed by atoms with E-state index in [4.69, 9.17) is 0 Å². The zero-order chi connectivity index (χ0) is 22.9. The van der Waals surface area contributed by atoms with Crippen molar-refractivity contribution in [3.05, 3.63) is 78.7 Å². The highest BCUT2D eigenvalue weighted by atomic mass is 127. The molecule has 2 amide bonds. The molecule has 32 heavy (non-hydrogen) atoms. The van der Waals surface area contributed by atoms with E-state index in [1.807, 2.05) is 17.5 Å². The maximum atomic E-state index is 13.7. The first-order valence-corrected chi connectivity index (χ1v) is 13.9. The van der Waals surface area contributed by atoms with Gasteiger partial charge in [-0.15, -0.1) is 11.3 Å². The molecule has 0 radical (unpaired) electrons. The minimum atomic E-state index is -0.627. The fraction of sp³-hybridized carbons (Fsp3) is 0. The number of nitrogens with zero attached hydrogens (tertiary/aromatic N) is 3. The normalized spacial score (nSPS) is 13.3. The topological polar surface area (TPSA) is 72.3 Å². The van der Waals surface area contributed by atoms with Gasteiger partial charge in [0.15, 0.2) is 5.82 Å².